The van der Waals surface area contributed by atoms with Crippen LogP contribution in [0.25, 0.3) is 33.4 Å². The number of fused-ring (bicyclic) bond motifs is 2. The Morgan fingerprint density at radius 1 is 0.582 bits per heavy atom. The SMILES string of the molecule is C.Cl.O=C(c1ccc(-n2cnc3ccccc32)cc1)N1CC[C@H](N2CCCC2)C1.c1ccc2c(c1)ncn2-c1ccc(CN2CC[C@H](N3CCCC3)C2)cc1. The molecule has 0 spiro atoms. The summed E-state index contributed by atoms with van der Waals surface area (Å²) in [7, 11) is 0. The summed E-state index contributed by atoms with van der Waals surface area (Å²) < 4.78 is 4.22. The van der Waals surface area contributed by atoms with E-state index in [0.29, 0.717) is 6.04 Å². The van der Waals surface area contributed by atoms with Gasteiger partial charge in [0.15, 0.2) is 0 Å². The summed E-state index contributed by atoms with van der Waals surface area (Å²) in [5.41, 5.74) is 8.63. The molecule has 4 aromatic carbocycles. The van der Waals surface area contributed by atoms with E-state index in [2.05, 4.69) is 82.3 Å². The number of para-hydroxylation sites is 4. The first-order valence-electron chi connectivity index (χ1n) is 19.7. The minimum absolute atomic E-state index is 0. The number of carbonyl (C=O) groups is 1. The van der Waals surface area contributed by atoms with Crippen LogP contribution in [0.4, 0.5) is 0 Å². The number of nitrogens with zero attached hydrogens (tertiary/aromatic N) is 8. The van der Waals surface area contributed by atoms with Crippen molar-refractivity contribution in [3.05, 3.63) is 121 Å². The zero-order valence-corrected chi connectivity index (χ0v) is 31.9. The van der Waals surface area contributed by atoms with Crippen molar-refractivity contribution in [1.29, 1.82) is 0 Å². The fraction of sp³-hybridized carbons (Fsp3) is 0.400. The lowest BCUT2D eigenvalue weighted by molar-refractivity contribution is 0.0780. The van der Waals surface area contributed by atoms with Crippen molar-refractivity contribution in [2.45, 2.75) is 64.6 Å². The lowest BCUT2D eigenvalue weighted by Gasteiger charge is -2.23. The zero-order chi connectivity index (χ0) is 35.6. The first kappa shape index (κ1) is 38.7. The number of amides is 1. The summed E-state index contributed by atoms with van der Waals surface area (Å²) >= 11 is 0. The van der Waals surface area contributed by atoms with E-state index in [-0.39, 0.29) is 25.7 Å². The Kier molecular flexibility index (Phi) is 12.3. The van der Waals surface area contributed by atoms with E-state index >= 15 is 0 Å². The number of hydrogen-bond acceptors (Lipinski definition) is 6. The van der Waals surface area contributed by atoms with Crippen LogP contribution in [-0.4, -0.2) is 109 Å². The van der Waals surface area contributed by atoms with Gasteiger partial charge < -0.3 is 4.90 Å². The Balaban J connectivity index is 0.000000163. The van der Waals surface area contributed by atoms with Crippen molar-refractivity contribution in [2.24, 2.45) is 0 Å². The Bertz CT molecular complexity index is 2150. The van der Waals surface area contributed by atoms with Gasteiger partial charge in [0.1, 0.15) is 12.7 Å². The number of hydrogen-bond donors (Lipinski definition) is 0. The lowest BCUT2D eigenvalue weighted by atomic mass is 10.1. The van der Waals surface area contributed by atoms with Crippen LogP contribution in [0.15, 0.2) is 110 Å². The molecular formula is C45H55ClN8O. The van der Waals surface area contributed by atoms with Crippen molar-refractivity contribution in [3.8, 4) is 11.4 Å². The average molecular weight is 759 g/mol. The van der Waals surface area contributed by atoms with Crippen LogP contribution in [0.2, 0.25) is 0 Å². The predicted molar refractivity (Wildman–Crippen MR) is 226 cm³/mol. The van der Waals surface area contributed by atoms with Gasteiger partial charge in [-0.1, -0.05) is 43.8 Å². The lowest BCUT2D eigenvalue weighted by Crippen LogP contribution is -2.37. The zero-order valence-electron chi connectivity index (χ0n) is 31.0. The molecule has 55 heavy (non-hydrogen) atoms. The number of carbonyl (C=O) groups excluding carboxylic acids is 1. The highest BCUT2D eigenvalue weighted by Crippen LogP contribution is 2.25. The molecule has 4 aliphatic rings. The fourth-order valence-corrected chi connectivity index (χ4v) is 8.99. The second kappa shape index (κ2) is 17.5. The van der Waals surface area contributed by atoms with Gasteiger partial charge in [-0.3, -0.25) is 28.6 Å². The molecule has 9 nitrogen and oxygen atoms in total. The van der Waals surface area contributed by atoms with Gasteiger partial charge in [0.2, 0.25) is 0 Å². The van der Waals surface area contributed by atoms with E-state index in [9.17, 15) is 4.79 Å². The second-order valence-corrected chi connectivity index (χ2v) is 15.3. The highest BCUT2D eigenvalue weighted by atomic mass is 35.5. The van der Waals surface area contributed by atoms with Gasteiger partial charge in [0, 0.05) is 61.7 Å². The summed E-state index contributed by atoms with van der Waals surface area (Å²) in [6.45, 7) is 10.3. The third kappa shape index (κ3) is 8.36. The van der Waals surface area contributed by atoms with Crippen molar-refractivity contribution >= 4 is 40.4 Å². The summed E-state index contributed by atoms with van der Waals surface area (Å²) in [5, 5.41) is 0. The molecule has 0 saturated carbocycles. The smallest absolute Gasteiger partial charge is 0.253 e. The van der Waals surface area contributed by atoms with Crippen molar-refractivity contribution in [1.82, 2.24) is 38.7 Å². The van der Waals surface area contributed by atoms with Crippen molar-refractivity contribution in [3.63, 3.8) is 0 Å². The van der Waals surface area contributed by atoms with Gasteiger partial charge in [0.25, 0.3) is 5.91 Å². The molecule has 10 heteroatoms. The van der Waals surface area contributed by atoms with E-state index in [0.717, 1.165) is 65.4 Å². The molecule has 4 saturated heterocycles. The average Bonchev–Trinajstić information content (AvgIpc) is 4.06. The molecule has 1 amide bonds. The minimum atomic E-state index is 0. The van der Waals surface area contributed by atoms with Crippen LogP contribution in [-0.2, 0) is 6.54 Å². The number of likely N-dealkylation sites (tertiary alicyclic amines) is 4. The molecule has 0 radical (unpaired) electrons. The minimum Gasteiger partial charge on any atom is -0.337 e. The first-order valence-corrected chi connectivity index (χ1v) is 19.7. The van der Waals surface area contributed by atoms with E-state index in [1.807, 2.05) is 66.1 Å². The quantitative estimate of drug-likeness (QED) is 0.164. The molecule has 4 fully saturated rings. The van der Waals surface area contributed by atoms with Gasteiger partial charge in [0.05, 0.1) is 22.1 Å². The topological polar surface area (TPSA) is 65.7 Å². The second-order valence-electron chi connectivity index (χ2n) is 15.3. The Hall–Kier alpha value is -4.54. The van der Waals surface area contributed by atoms with Crippen LogP contribution in [0.3, 0.4) is 0 Å². The summed E-state index contributed by atoms with van der Waals surface area (Å²) in [4.78, 5) is 31.7. The molecule has 10 rings (SSSR count). The monoisotopic (exact) mass is 758 g/mol. The van der Waals surface area contributed by atoms with E-state index in [4.69, 9.17) is 0 Å². The maximum absolute atomic E-state index is 12.9. The number of rotatable bonds is 7. The van der Waals surface area contributed by atoms with E-state index in [1.165, 1.54) is 82.6 Å². The summed E-state index contributed by atoms with van der Waals surface area (Å²) in [5.74, 6) is 0.152. The molecule has 2 atom stereocenters. The Morgan fingerprint density at radius 2 is 1.07 bits per heavy atom. The predicted octanol–water partition coefficient (Wildman–Crippen LogP) is 8.09. The van der Waals surface area contributed by atoms with Crippen LogP contribution >= 0.6 is 12.4 Å². The Labute approximate surface area is 332 Å². The van der Waals surface area contributed by atoms with Gasteiger partial charge in [-0.05, 0) is 131 Å². The molecule has 2 aromatic heterocycles. The third-order valence-corrected chi connectivity index (χ3v) is 11.9. The number of imidazole rings is 2. The third-order valence-electron chi connectivity index (χ3n) is 11.9. The van der Waals surface area contributed by atoms with Crippen molar-refractivity contribution < 1.29 is 4.79 Å². The largest absolute Gasteiger partial charge is 0.337 e. The van der Waals surface area contributed by atoms with E-state index < -0.39 is 0 Å². The van der Waals surface area contributed by atoms with Crippen molar-refractivity contribution in [2.75, 3.05) is 52.4 Å². The van der Waals surface area contributed by atoms with Crippen LogP contribution in [0, 0.1) is 0 Å². The van der Waals surface area contributed by atoms with Crippen LogP contribution < -0.4 is 0 Å². The summed E-state index contributed by atoms with van der Waals surface area (Å²) in [6.07, 6.45) is 11.6. The van der Waals surface area contributed by atoms with Gasteiger partial charge in [-0.25, -0.2) is 9.97 Å². The number of aromatic nitrogens is 4. The molecule has 288 valence electrons. The highest BCUT2D eigenvalue weighted by Gasteiger charge is 2.32. The molecular weight excluding hydrogens is 704 g/mol. The summed E-state index contributed by atoms with van der Waals surface area (Å²) in [6, 6.07) is 34.6. The standard InChI is InChI=1S/C22H24N4O.C22H26N4.CH4.ClH/c27-22(25-14-11-19(15-25)24-12-3-4-13-24)17-7-9-18(10-8-17)26-16-23-20-5-1-2-6-21(20)26;1-2-6-22-21(5-1)23-17-26(22)19-9-7-18(8-10-19)15-24-14-11-20(16-24)25-12-3-4-13-25;;/h1-2,5-10,16,19H,3-4,11-15H2;1-2,5-10,17,20H,3-4,11-16H2;1H4;1H/t19-;20-;;/m00../s1. The number of halogens is 1. The fourth-order valence-electron chi connectivity index (χ4n) is 8.99. The molecule has 4 aliphatic heterocycles. The van der Waals surface area contributed by atoms with Gasteiger partial charge in [-0.15, -0.1) is 12.4 Å². The molecule has 0 aliphatic carbocycles. The maximum atomic E-state index is 12.9. The van der Waals surface area contributed by atoms with Gasteiger partial charge in [-0.2, -0.15) is 0 Å². The molecule has 0 N–H and O–H groups in total. The Morgan fingerprint density at radius 3 is 1.64 bits per heavy atom. The van der Waals surface area contributed by atoms with Crippen LogP contribution in [0.1, 0.15) is 61.9 Å². The first-order chi connectivity index (χ1) is 26.2. The highest BCUT2D eigenvalue weighted by molar-refractivity contribution is 5.94. The molecule has 0 bridgehead atoms. The van der Waals surface area contributed by atoms with E-state index in [1.54, 1.807) is 0 Å². The molecule has 6 aromatic rings. The molecule has 0 unspecified atom stereocenters. The van der Waals surface area contributed by atoms with Gasteiger partial charge >= 0.3 is 0 Å². The van der Waals surface area contributed by atoms with Crippen LogP contribution in [0.5, 0.6) is 0 Å². The number of benzene rings is 4. The maximum Gasteiger partial charge on any atom is 0.253 e. The molecule has 6 heterocycles. The normalized spacial score (nSPS) is 20.4.